The van der Waals surface area contributed by atoms with Crippen molar-refractivity contribution >= 4 is 5.78 Å². The topological polar surface area (TPSA) is 57.5 Å². The fourth-order valence-corrected chi connectivity index (χ4v) is 6.87. The van der Waals surface area contributed by atoms with E-state index in [9.17, 15) is 15.0 Å². The molecule has 0 amide bonds. The third kappa shape index (κ3) is 2.92. The van der Waals surface area contributed by atoms with Crippen LogP contribution in [0.2, 0.25) is 0 Å². The minimum atomic E-state index is -0.358. The lowest BCUT2D eigenvalue weighted by Crippen LogP contribution is -2.55. The largest absolute Gasteiger partial charge is 0.393 e. The van der Waals surface area contributed by atoms with Crippen molar-refractivity contribution in [3.05, 3.63) is 11.6 Å². The number of carbonyl (C=O) groups excluding carboxylic acids is 1. The Bertz CT molecular complexity index is 564. The molecule has 142 valence electrons. The first-order chi connectivity index (χ1) is 11.6. The van der Waals surface area contributed by atoms with E-state index in [-0.39, 0.29) is 34.9 Å². The lowest BCUT2D eigenvalue weighted by Gasteiger charge is -2.57. The standard InChI is InChI=1S/C22H36O3/c1-6-15(24)11-14-7-8-16-18-10-9-17(13(2)23)22(18,5)12-19(25)20(16)21(14,3)4/h7,15-20,24-25H,6,8-12H2,1-5H3. The first kappa shape index (κ1) is 19.1. The Balaban J connectivity index is 1.93. The van der Waals surface area contributed by atoms with E-state index in [4.69, 9.17) is 0 Å². The molecular weight excluding hydrogens is 312 g/mol. The molecule has 0 heterocycles. The van der Waals surface area contributed by atoms with Gasteiger partial charge in [-0.1, -0.05) is 39.3 Å². The van der Waals surface area contributed by atoms with Crippen LogP contribution in [0.5, 0.6) is 0 Å². The van der Waals surface area contributed by atoms with Gasteiger partial charge in [-0.2, -0.15) is 0 Å². The first-order valence-electron chi connectivity index (χ1n) is 10.2. The minimum absolute atomic E-state index is 0.0449. The number of hydrogen-bond acceptors (Lipinski definition) is 3. The predicted molar refractivity (Wildman–Crippen MR) is 100 cm³/mol. The number of aliphatic hydroxyl groups is 2. The molecule has 3 heteroatoms. The zero-order valence-electron chi connectivity index (χ0n) is 16.6. The summed E-state index contributed by atoms with van der Waals surface area (Å²) in [5.41, 5.74) is 1.18. The summed E-state index contributed by atoms with van der Waals surface area (Å²) in [7, 11) is 0. The summed E-state index contributed by atoms with van der Waals surface area (Å²) in [5.74, 6) is 1.63. The van der Waals surface area contributed by atoms with E-state index in [1.807, 2.05) is 6.92 Å². The van der Waals surface area contributed by atoms with Crippen LogP contribution in [-0.4, -0.2) is 28.2 Å². The summed E-state index contributed by atoms with van der Waals surface area (Å²) in [5, 5.41) is 21.3. The number of aliphatic hydroxyl groups excluding tert-OH is 2. The molecule has 2 saturated carbocycles. The molecular formula is C22H36O3. The Kier molecular flexibility index (Phi) is 4.96. The number of allylic oxidation sites excluding steroid dienone is 1. The number of fused-ring (bicyclic) bond motifs is 3. The number of carbonyl (C=O) groups is 1. The van der Waals surface area contributed by atoms with Gasteiger partial charge in [-0.05, 0) is 74.0 Å². The summed E-state index contributed by atoms with van der Waals surface area (Å²) in [6.45, 7) is 10.5. The highest BCUT2D eigenvalue weighted by molar-refractivity contribution is 5.79. The van der Waals surface area contributed by atoms with E-state index in [1.165, 1.54) is 5.57 Å². The number of hydrogen-bond donors (Lipinski definition) is 2. The van der Waals surface area contributed by atoms with Gasteiger partial charge in [0.1, 0.15) is 5.78 Å². The van der Waals surface area contributed by atoms with Crippen LogP contribution in [0.1, 0.15) is 73.1 Å². The lowest BCUT2D eigenvalue weighted by molar-refractivity contribution is -0.136. The van der Waals surface area contributed by atoms with Crippen molar-refractivity contribution in [2.45, 2.75) is 85.4 Å². The van der Waals surface area contributed by atoms with Gasteiger partial charge < -0.3 is 10.2 Å². The van der Waals surface area contributed by atoms with Crippen LogP contribution in [0.3, 0.4) is 0 Å². The van der Waals surface area contributed by atoms with Gasteiger partial charge in [0.05, 0.1) is 12.2 Å². The Morgan fingerprint density at radius 2 is 2.00 bits per heavy atom. The number of Topliss-reactive ketones (excluding diaryl/α,β-unsaturated/α-hetero) is 1. The van der Waals surface area contributed by atoms with Crippen molar-refractivity contribution in [3.8, 4) is 0 Å². The van der Waals surface area contributed by atoms with Crippen LogP contribution in [0.4, 0.5) is 0 Å². The Morgan fingerprint density at radius 1 is 1.32 bits per heavy atom. The molecule has 3 aliphatic rings. The zero-order valence-corrected chi connectivity index (χ0v) is 16.6. The van der Waals surface area contributed by atoms with Crippen LogP contribution in [0, 0.1) is 34.5 Å². The van der Waals surface area contributed by atoms with Gasteiger partial charge >= 0.3 is 0 Å². The molecule has 0 aliphatic heterocycles. The molecule has 3 nitrogen and oxygen atoms in total. The van der Waals surface area contributed by atoms with Crippen LogP contribution in [-0.2, 0) is 4.79 Å². The second-order valence-corrected chi connectivity index (χ2v) is 9.77. The summed E-state index contributed by atoms with van der Waals surface area (Å²) in [6.07, 6.45) is 7.02. The highest BCUT2D eigenvalue weighted by atomic mass is 16.3. The lowest BCUT2D eigenvalue weighted by atomic mass is 9.48. The van der Waals surface area contributed by atoms with E-state index in [0.29, 0.717) is 17.6 Å². The SMILES string of the molecule is CCC(O)CC1=CCC2C(C(O)CC3(C)C(C(C)=O)CCC23)C1(C)C. The minimum Gasteiger partial charge on any atom is -0.393 e. The molecule has 0 radical (unpaired) electrons. The number of rotatable bonds is 4. The van der Waals surface area contributed by atoms with E-state index >= 15 is 0 Å². The van der Waals surface area contributed by atoms with Crippen LogP contribution in [0.25, 0.3) is 0 Å². The van der Waals surface area contributed by atoms with Crippen molar-refractivity contribution in [3.63, 3.8) is 0 Å². The van der Waals surface area contributed by atoms with Crippen LogP contribution in [0.15, 0.2) is 11.6 Å². The van der Waals surface area contributed by atoms with E-state index in [1.54, 1.807) is 6.92 Å². The molecule has 7 unspecified atom stereocenters. The molecule has 2 N–H and O–H groups in total. The molecule has 0 bridgehead atoms. The van der Waals surface area contributed by atoms with Crippen molar-refractivity contribution in [1.29, 1.82) is 0 Å². The van der Waals surface area contributed by atoms with Crippen molar-refractivity contribution in [2.75, 3.05) is 0 Å². The smallest absolute Gasteiger partial charge is 0.133 e. The van der Waals surface area contributed by atoms with Crippen molar-refractivity contribution in [1.82, 2.24) is 0 Å². The second kappa shape index (κ2) is 6.49. The normalized spacial score (nSPS) is 43.8. The molecule has 0 aromatic carbocycles. The first-order valence-corrected chi connectivity index (χ1v) is 10.2. The summed E-state index contributed by atoms with van der Waals surface area (Å²) in [6, 6.07) is 0. The van der Waals surface area contributed by atoms with Crippen molar-refractivity contribution in [2.24, 2.45) is 34.5 Å². The van der Waals surface area contributed by atoms with Crippen LogP contribution < -0.4 is 0 Å². The Morgan fingerprint density at radius 3 is 2.60 bits per heavy atom. The van der Waals surface area contributed by atoms with Gasteiger partial charge in [0.25, 0.3) is 0 Å². The fraction of sp³-hybridized carbons (Fsp3) is 0.864. The molecule has 0 saturated heterocycles. The average Bonchev–Trinajstić information content (AvgIpc) is 2.85. The van der Waals surface area contributed by atoms with Gasteiger partial charge in [0.2, 0.25) is 0 Å². The van der Waals surface area contributed by atoms with Gasteiger partial charge in [-0.3, -0.25) is 4.79 Å². The van der Waals surface area contributed by atoms with E-state index in [0.717, 1.165) is 38.5 Å². The van der Waals surface area contributed by atoms with Crippen LogP contribution >= 0.6 is 0 Å². The maximum Gasteiger partial charge on any atom is 0.133 e. The summed E-state index contributed by atoms with van der Waals surface area (Å²) >= 11 is 0. The molecule has 3 aliphatic carbocycles. The maximum absolute atomic E-state index is 12.2. The maximum atomic E-state index is 12.2. The third-order valence-electron chi connectivity index (χ3n) is 8.17. The van der Waals surface area contributed by atoms with Crippen molar-refractivity contribution < 1.29 is 15.0 Å². The molecule has 7 atom stereocenters. The van der Waals surface area contributed by atoms with E-state index < -0.39 is 0 Å². The Labute approximate surface area is 152 Å². The van der Waals surface area contributed by atoms with Gasteiger partial charge in [-0.15, -0.1) is 0 Å². The van der Waals surface area contributed by atoms with Gasteiger partial charge in [0.15, 0.2) is 0 Å². The third-order valence-corrected chi connectivity index (χ3v) is 8.17. The molecule has 0 spiro atoms. The monoisotopic (exact) mass is 348 g/mol. The summed E-state index contributed by atoms with van der Waals surface area (Å²) < 4.78 is 0. The Hall–Kier alpha value is -0.670. The van der Waals surface area contributed by atoms with Gasteiger partial charge in [0, 0.05) is 5.92 Å². The summed E-state index contributed by atoms with van der Waals surface area (Å²) in [4.78, 5) is 12.2. The van der Waals surface area contributed by atoms with E-state index in [2.05, 4.69) is 26.8 Å². The molecule has 0 aromatic heterocycles. The highest BCUT2D eigenvalue weighted by Gasteiger charge is 2.60. The average molecular weight is 349 g/mol. The fourth-order valence-electron chi connectivity index (χ4n) is 6.87. The zero-order chi connectivity index (χ0) is 18.6. The predicted octanol–water partition coefficient (Wildman–Crippen LogP) is 4.12. The second-order valence-electron chi connectivity index (χ2n) is 9.77. The highest BCUT2D eigenvalue weighted by Crippen LogP contribution is 2.64. The molecule has 2 fully saturated rings. The molecule has 0 aromatic rings. The number of ketones is 1. The van der Waals surface area contributed by atoms with Gasteiger partial charge in [-0.25, -0.2) is 0 Å². The quantitative estimate of drug-likeness (QED) is 0.751. The molecule has 3 rings (SSSR count). The molecule has 25 heavy (non-hydrogen) atoms.